The fourth-order valence-corrected chi connectivity index (χ4v) is 4.29. The van der Waals surface area contributed by atoms with Gasteiger partial charge in [-0.3, -0.25) is 9.59 Å². The summed E-state index contributed by atoms with van der Waals surface area (Å²) in [5.41, 5.74) is 0.991. The molecule has 0 radical (unpaired) electrons. The van der Waals surface area contributed by atoms with Gasteiger partial charge in [-0.1, -0.05) is 37.0 Å². The van der Waals surface area contributed by atoms with Gasteiger partial charge in [-0.25, -0.2) is 13.8 Å². The first-order valence-electron chi connectivity index (χ1n) is 12.5. The Balaban J connectivity index is 1.66. The number of likely N-dealkylation sites (N-methyl/N-ethyl adjacent to an activating group) is 1. The first kappa shape index (κ1) is 27.7. The number of fused-ring (bicyclic) bond motifs is 1. The number of amides is 2. The normalized spacial score (nSPS) is 17.6. The molecule has 2 heterocycles. The van der Waals surface area contributed by atoms with E-state index in [0.29, 0.717) is 11.1 Å². The maximum atomic E-state index is 14.2. The number of pyridine rings is 1. The van der Waals surface area contributed by atoms with Crippen molar-refractivity contribution in [3.8, 4) is 17.7 Å². The fourth-order valence-electron chi connectivity index (χ4n) is 4.29. The number of aliphatic hydroxyl groups is 1. The molecule has 0 saturated heterocycles. The molecule has 1 aromatic heterocycles. The van der Waals surface area contributed by atoms with E-state index in [1.807, 2.05) is 6.92 Å². The van der Waals surface area contributed by atoms with Crippen molar-refractivity contribution >= 4 is 11.8 Å². The number of nitrogens with zero attached hydrogens (tertiary/aromatic N) is 3. The maximum Gasteiger partial charge on any atom is 0.259 e. The standard InChI is InChI=1S/C30H29F2N3O4/c1-19-16-35(20(2)18-36)30(38)25-14-22(12-11-21-7-6-8-23(31)13-21)15-33-28(25)39-27(19)17-34(3)29(37)24-9-4-5-10-26(24)32/h4-10,13-15,19-20,27,36H,16-18H2,1-3H3/t19-,20-,27+/m1/s1. The second-order valence-electron chi connectivity index (χ2n) is 9.63. The molecule has 3 aromatic rings. The Morgan fingerprint density at radius 2 is 1.92 bits per heavy atom. The summed E-state index contributed by atoms with van der Waals surface area (Å²) in [6, 6.07) is 12.7. The lowest BCUT2D eigenvalue weighted by atomic mass is 9.99. The lowest BCUT2D eigenvalue weighted by Crippen LogP contribution is -2.50. The van der Waals surface area contributed by atoms with E-state index >= 15 is 0 Å². The first-order valence-corrected chi connectivity index (χ1v) is 12.5. The molecule has 3 atom stereocenters. The van der Waals surface area contributed by atoms with Crippen LogP contribution in [-0.4, -0.2) is 70.6 Å². The van der Waals surface area contributed by atoms with Crippen LogP contribution in [0.4, 0.5) is 8.78 Å². The number of hydrogen-bond acceptors (Lipinski definition) is 5. The number of benzene rings is 2. The van der Waals surface area contributed by atoms with Crippen LogP contribution in [0.15, 0.2) is 60.8 Å². The Labute approximate surface area is 226 Å². The van der Waals surface area contributed by atoms with Gasteiger partial charge in [0.2, 0.25) is 5.88 Å². The fraction of sp³-hybridized carbons (Fsp3) is 0.300. The Morgan fingerprint density at radius 1 is 1.18 bits per heavy atom. The molecule has 7 nitrogen and oxygen atoms in total. The number of aliphatic hydroxyl groups excluding tert-OH is 1. The molecule has 1 aliphatic rings. The van der Waals surface area contributed by atoms with E-state index in [2.05, 4.69) is 16.8 Å². The van der Waals surface area contributed by atoms with E-state index in [0.717, 1.165) is 0 Å². The predicted molar refractivity (Wildman–Crippen MR) is 141 cm³/mol. The molecule has 0 unspecified atom stereocenters. The van der Waals surface area contributed by atoms with Crippen LogP contribution in [0.1, 0.15) is 45.7 Å². The van der Waals surface area contributed by atoms with E-state index in [9.17, 15) is 23.5 Å². The molecule has 39 heavy (non-hydrogen) atoms. The van der Waals surface area contributed by atoms with Crippen LogP contribution in [0.5, 0.6) is 5.88 Å². The van der Waals surface area contributed by atoms with E-state index in [-0.39, 0.29) is 48.5 Å². The van der Waals surface area contributed by atoms with Crippen molar-refractivity contribution < 1.29 is 28.2 Å². The van der Waals surface area contributed by atoms with Crippen molar-refractivity contribution in [1.29, 1.82) is 0 Å². The molecule has 1 N–H and O–H groups in total. The zero-order valence-corrected chi connectivity index (χ0v) is 21.9. The molecule has 0 spiro atoms. The summed E-state index contributed by atoms with van der Waals surface area (Å²) in [5, 5.41) is 9.84. The highest BCUT2D eigenvalue weighted by atomic mass is 19.1. The van der Waals surface area contributed by atoms with Crippen LogP contribution in [-0.2, 0) is 0 Å². The van der Waals surface area contributed by atoms with Crippen molar-refractivity contribution in [1.82, 2.24) is 14.8 Å². The molecule has 0 saturated carbocycles. The van der Waals surface area contributed by atoms with Gasteiger partial charge in [-0.05, 0) is 43.3 Å². The second-order valence-corrected chi connectivity index (χ2v) is 9.63. The predicted octanol–water partition coefficient (Wildman–Crippen LogP) is 3.75. The summed E-state index contributed by atoms with van der Waals surface area (Å²) in [4.78, 5) is 33.8. The average Bonchev–Trinajstić information content (AvgIpc) is 2.93. The minimum Gasteiger partial charge on any atom is -0.472 e. The maximum absolute atomic E-state index is 14.2. The molecule has 2 aromatic carbocycles. The largest absolute Gasteiger partial charge is 0.472 e. The lowest BCUT2D eigenvalue weighted by Gasteiger charge is -2.37. The van der Waals surface area contributed by atoms with Crippen molar-refractivity contribution in [3.63, 3.8) is 0 Å². The summed E-state index contributed by atoms with van der Waals surface area (Å²) >= 11 is 0. The van der Waals surface area contributed by atoms with Gasteiger partial charge in [0.05, 0.1) is 24.8 Å². The zero-order chi connectivity index (χ0) is 28.1. The second kappa shape index (κ2) is 12.0. The molecular formula is C30H29F2N3O4. The van der Waals surface area contributed by atoms with Gasteiger partial charge in [0.15, 0.2) is 0 Å². The van der Waals surface area contributed by atoms with Crippen LogP contribution < -0.4 is 4.74 Å². The highest BCUT2D eigenvalue weighted by molar-refractivity contribution is 5.97. The minimum absolute atomic E-state index is 0.0516. The summed E-state index contributed by atoms with van der Waals surface area (Å²) in [6.45, 7) is 3.70. The van der Waals surface area contributed by atoms with Gasteiger partial charge in [0.1, 0.15) is 23.3 Å². The zero-order valence-electron chi connectivity index (χ0n) is 21.9. The Morgan fingerprint density at radius 3 is 2.64 bits per heavy atom. The van der Waals surface area contributed by atoms with Gasteiger partial charge in [-0.2, -0.15) is 0 Å². The molecule has 4 rings (SSSR count). The average molecular weight is 534 g/mol. The Hall–Kier alpha value is -4.29. The van der Waals surface area contributed by atoms with Gasteiger partial charge < -0.3 is 19.6 Å². The van der Waals surface area contributed by atoms with Gasteiger partial charge in [0.25, 0.3) is 11.8 Å². The molecule has 0 aliphatic carbocycles. The SMILES string of the molecule is C[C@@H]1CN([C@H](C)CO)C(=O)c2cc(C#Cc3cccc(F)c3)cnc2O[C@H]1CN(C)C(=O)c1ccccc1F. The quantitative estimate of drug-likeness (QED) is 0.506. The molecule has 9 heteroatoms. The van der Waals surface area contributed by atoms with Crippen molar-refractivity contribution in [2.24, 2.45) is 5.92 Å². The molecule has 2 amide bonds. The van der Waals surface area contributed by atoms with Crippen LogP contribution >= 0.6 is 0 Å². The highest BCUT2D eigenvalue weighted by Crippen LogP contribution is 2.27. The summed E-state index contributed by atoms with van der Waals surface area (Å²) in [5.74, 6) is 3.66. The molecule has 0 bridgehead atoms. The monoisotopic (exact) mass is 533 g/mol. The van der Waals surface area contributed by atoms with Crippen molar-refractivity contribution in [2.75, 3.05) is 26.7 Å². The Bertz CT molecular complexity index is 1430. The van der Waals surface area contributed by atoms with E-state index < -0.39 is 29.7 Å². The van der Waals surface area contributed by atoms with Crippen molar-refractivity contribution in [2.45, 2.75) is 26.0 Å². The summed E-state index contributed by atoms with van der Waals surface area (Å²) in [7, 11) is 1.56. The van der Waals surface area contributed by atoms with E-state index in [1.54, 1.807) is 43.1 Å². The number of aromatic nitrogens is 1. The van der Waals surface area contributed by atoms with E-state index in [4.69, 9.17) is 4.74 Å². The van der Waals surface area contributed by atoms with Crippen LogP contribution in [0.2, 0.25) is 0 Å². The van der Waals surface area contributed by atoms with Gasteiger partial charge in [0, 0.05) is 36.8 Å². The number of ether oxygens (including phenoxy) is 1. The number of carbonyl (C=O) groups excluding carboxylic acids is 2. The lowest BCUT2D eigenvalue weighted by molar-refractivity contribution is 0.0312. The number of hydrogen-bond donors (Lipinski definition) is 1. The van der Waals surface area contributed by atoms with E-state index in [1.165, 1.54) is 41.4 Å². The first-order chi connectivity index (χ1) is 18.7. The molecule has 1 aliphatic heterocycles. The number of carbonyl (C=O) groups is 2. The third-order valence-corrected chi connectivity index (χ3v) is 6.60. The van der Waals surface area contributed by atoms with Crippen LogP contribution in [0.25, 0.3) is 0 Å². The minimum atomic E-state index is -0.617. The Kier molecular flexibility index (Phi) is 8.57. The van der Waals surface area contributed by atoms with Gasteiger partial charge in [-0.15, -0.1) is 0 Å². The topological polar surface area (TPSA) is 83.0 Å². The number of halogens is 2. The third kappa shape index (κ3) is 6.41. The molecular weight excluding hydrogens is 504 g/mol. The smallest absolute Gasteiger partial charge is 0.259 e. The summed E-state index contributed by atoms with van der Waals surface area (Å²) in [6.07, 6.45) is 0.859. The van der Waals surface area contributed by atoms with Crippen LogP contribution in [0.3, 0.4) is 0 Å². The third-order valence-electron chi connectivity index (χ3n) is 6.60. The van der Waals surface area contributed by atoms with Gasteiger partial charge >= 0.3 is 0 Å². The summed E-state index contributed by atoms with van der Waals surface area (Å²) < 4.78 is 34.0. The molecule has 202 valence electrons. The highest BCUT2D eigenvalue weighted by Gasteiger charge is 2.35. The number of rotatable bonds is 5. The van der Waals surface area contributed by atoms with Crippen molar-refractivity contribution in [3.05, 3.63) is 94.7 Å². The van der Waals surface area contributed by atoms with Crippen LogP contribution in [0, 0.1) is 29.4 Å². The molecule has 0 fully saturated rings.